The molecule has 18 heavy (non-hydrogen) atoms. The van der Waals surface area contributed by atoms with Crippen molar-refractivity contribution in [1.82, 2.24) is 4.90 Å². The summed E-state index contributed by atoms with van der Waals surface area (Å²) in [6.07, 6.45) is 3.08. The van der Waals surface area contributed by atoms with E-state index >= 15 is 0 Å². The Balaban J connectivity index is 2.27. The van der Waals surface area contributed by atoms with Gasteiger partial charge < -0.3 is 9.64 Å². The van der Waals surface area contributed by atoms with E-state index in [1.165, 1.54) is 19.3 Å². The molecule has 1 aromatic rings. The van der Waals surface area contributed by atoms with Crippen LogP contribution in [0.3, 0.4) is 0 Å². The van der Waals surface area contributed by atoms with Gasteiger partial charge in [-0.15, -0.1) is 0 Å². The number of hydrogen-bond donors (Lipinski definition) is 0. The summed E-state index contributed by atoms with van der Waals surface area (Å²) in [5.41, 5.74) is 0.806. The Morgan fingerprint density at radius 1 is 1.61 bits per heavy atom. The minimum atomic E-state index is -0.395. The average Bonchev–Trinajstić information content (AvgIpc) is 2.86. The maximum Gasteiger partial charge on any atom is 0.246 e. The Morgan fingerprint density at radius 3 is 3.00 bits per heavy atom. The Bertz CT molecular complexity index is 473. The fourth-order valence-electron chi connectivity index (χ4n) is 2.38. The number of hydrogen-bond acceptors (Lipinski definition) is 2. The van der Waals surface area contributed by atoms with Gasteiger partial charge in [0, 0.05) is 6.54 Å². The highest BCUT2D eigenvalue weighted by atomic mass is 19.1. The molecule has 0 aliphatic carbocycles. The number of rotatable bonds is 3. The minimum Gasteiger partial charge on any atom is -0.494 e. The van der Waals surface area contributed by atoms with E-state index in [1.54, 1.807) is 17.0 Å². The first-order chi connectivity index (χ1) is 8.67. The van der Waals surface area contributed by atoms with Crippen LogP contribution in [0.4, 0.5) is 4.39 Å². The van der Waals surface area contributed by atoms with Crippen molar-refractivity contribution in [3.8, 4) is 5.75 Å². The second-order valence-corrected chi connectivity index (χ2v) is 4.29. The molecule has 2 rings (SSSR count). The van der Waals surface area contributed by atoms with E-state index in [9.17, 15) is 9.18 Å². The summed E-state index contributed by atoms with van der Waals surface area (Å²) < 4.78 is 18.6. The van der Waals surface area contributed by atoms with Gasteiger partial charge in [0.1, 0.15) is 0 Å². The molecule has 1 aliphatic rings. The molecule has 0 radical (unpaired) electrons. The zero-order valence-corrected chi connectivity index (χ0v) is 10.4. The number of halogens is 1. The summed E-state index contributed by atoms with van der Waals surface area (Å²) in [6.45, 7) is 4.19. The average molecular weight is 249 g/mol. The van der Waals surface area contributed by atoms with E-state index in [1.807, 2.05) is 0 Å². The summed E-state index contributed by atoms with van der Waals surface area (Å²) in [4.78, 5) is 13.4. The Labute approximate surface area is 106 Å². The van der Waals surface area contributed by atoms with E-state index in [2.05, 4.69) is 6.58 Å². The number of amides is 1. The maximum atomic E-state index is 13.7. The molecule has 0 saturated carbocycles. The van der Waals surface area contributed by atoms with Gasteiger partial charge in [-0.2, -0.15) is 0 Å². The van der Waals surface area contributed by atoms with Crippen LogP contribution in [-0.2, 0) is 4.79 Å². The Hall–Kier alpha value is -1.84. The lowest BCUT2D eigenvalue weighted by atomic mass is 10.0. The summed E-state index contributed by atoms with van der Waals surface area (Å²) in [5.74, 6) is -0.278. The van der Waals surface area contributed by atoms with E-state index in [4.69, 9.17) is 4.74 Å². The van der Waals surface area contributed by atoms with E-state index in [0.29, 0.717) is 6.54 Å². The molecule has 96 valence electrons. The zero-order valence-electron chi connectivity index (χ0n) is 10.4. The second-order valence-electron chi connectivity index (χ2n) is 4.29. The summed E-state index contributed by atoms with van der Waals surface area (Å²) >= 11 is 0. The molecular formula is C14H16FNO2. The molecule has 1 atom stereocenters. The molecule has 1 aromatic carbocycles. The van der Waals surface area contributed by atoms with Gasteiger partial charge in [-0.25, -0.2) is 4.39 Å². The van der Waals surface area contributed by atoms with Crippen LogP contribution in [0.5, 0.6) is 5.75 Å². The second kappa shape index (κ2) is 5.21. The fourth-order valence-corrected chi connectivity index (χ4v) is 2.38. The van der Waals surface area contributed by atoms with Crippen LogP contribution in [0.1, 0.15) is 24.4 Å². The molecule has 0 N–H and O–H groups in total. The van der Waals surface area contributed by atoms with Gasteiger partial charge >= 0.3 is 0 Å². The van der Waals surface area contributed by atoms with Crippen LogP contribution in [0.15, 0.2) is 30.9 Å². The molecular weight excluding hydrogens is 233 g/mol. The molecule has 1 heterocycles. The quantitative estimate of drug-likeness (QED) is 0.771. The third kappa shape index (κ3) is 2.23. The van der Waals surface area contributed by atoms with Crippen molar-refractivity contribution in [1.29, 1.82) is 0 Å². The van der Waals surface area contributed by atoms with Gasteiger partial charge in [0.25, 0.3) is 0 Å². The molecule has 1 aliphatic heterocycles. The van der Waals surface area contributed by atoms with Crippen LogP contribution < -0.4 is 4.74 Å². The molecule has 0 aromatic heterocycles. The van der Waals surface area contributed by atoms with Crippen molar-refractivity contribution < 1.29 is 13.9 Å². The van der Waals surface area contributed by atoms with Crippen LogP contribution in [-0.4, -0.2) is 24.5 Å². The Kier molecular flexibility index (Phi) is 3.65. The molecule has 0 spiro atoms. The first kappa shape index (κ1) is 12.6. The van der Waals surface area contributed by atoms with Crippen molar-refractivity contribution in [3.05, 3.63) is 42.2 Å². The standard InChI is InChI=1S/C14H16FNO2/c1-3-14(17)16-8-4-5-12(16)10-6-7-13(18-2)11(15)9-10/h3,6-7,9,12H,1,4-5,8H2,2H3. The number of ether oxygens (including phenoxy) is 1. The zero-order chi connectivity index (χ0) is 13.1. The van der Waals surface area contributed by atoms with Gasteiger partial charge in [0.2, 0.25) is 5.91 Å². The van der Waals surface area contributed by atoms with Gasteiger partial charge in [0.05, 0.1) is 13.2 Å². The smallest absolute Gasteiger partial charge is 0.246 e. The third-order valence-electron chi connectivity index (χ3n) is 3.27. The lowest BCUT2D eigenvalue weighted by Gasteiger charge is -2.24. The van der Waals surface area contributed by atoms with E-state index in [0.717, 1.165) is 18.4 Å². The number of benzene rings is 1. The van der Waals surface area contributed by atoms with Gasteiger partial charge in [-0.05, 0) is 36.6 Å². The molecule has 0 bridgehead atoms. The van der Waals surface area contributed by atoms with Crippen LogP contribution in [0.2, 0.25) is 0 Å². The SMILES string of the molecule is C=CC(=O)N1CCCC1c1ccc(OC)c(F)c1. The number of likely N-dealkylation sites (tertiary alicyclic amines) is 1. The predicted octanol–water partition coefficient (Wildman–Crippen LogP) is 2.68. The molecule has 1 fully saturated rings. The monoisotopic (exact) mass is 249 g/mol. The lowest BCUT2D eigenvalue weighted by Crippen LogP contribution is -2.28. The highest BCUT2D eigenvalue weighted by molar-refractivity contribution is 5.87. The lowest BCUT2D eigenvalue weighted by molar-refractivity contribution is -0.126. The summed E-state index contributed by atoms with van der Waals surface area (Å²) in [7, 11) is 1.43. The topological polar surface area (TPSA) is 29.5 Å². The highest BCUT2D eigenvalue weighted by Gasteiger charge is 2.28. The fraction of sp³-hybridized carbons (Fsp3) is 0.357. The van der Waals surface area contributed by atoms with Crippen LogP contribution >= 0.6 is 0 Å². The molecule has 1 unspecified atom stereocenters. The maximum absolute atomic E-state index is 13.7. The van der Waals surface area contributed by atoms with Gasteiger partial charge in [-0.3, -0.25) is 4.79 Å². The van der Waals surface area contributed by atoms with Crippen LogP contribution in [0, 0.1) is 5.82 Å². The largest absolute Gasteiger partial charge is 0.494 e. The van der Waals surface area contributed by atoms with Crippen molar-refractivity contribution >= 4 is 5.91 Å². The molecule has 1 amide bonds. The molecule has 1 saturated heterocycles. The minimum absolute atomic E-state index is 0.0593. The predicted molar refractivity (Wildman–Crippen MR) is 66.8 cm³/mol. The first-order valence-electron chi connectivity index (χ1n) is 5.94. The van der Waals surface area contributed by atoms with Crippen molar-refractivity contribution in [2.24, 2.45) is 0 Å². The summed E-state index contributed by atoms with van der Waals surface area (Å²) in [6, 6.07) is 4.79. The Morgan fingerprint density at radius 2 is 2.39 bits per heavy atom. The summed E-state index contributed by atoms with van der Waals surface area (Å²) in [5, 5.41) is 0. The number of methoxy groups -OCH3 is 1. The third-order valence-corrected chi connectivity index (χ3v) is 3.27. The van der Waals surface area contributed by atoms with E-state index < -0.39 is 5.82 Å². The van der Waals surface area contributed by atoms with E-state index in [-0.39, 0.29) is 17.7 Å². The number of carbonyl (C=O) groups excluding carboxylic acids is 1. The van der Waals surface area contributed by atoms with Crippen molar-refractivity contribution in [2.75, 3.05) is 13.7 Å². The normalized spacial score (nSPS) is 18.8. The van der Waals surface area contributed by atoms with Crippen molar-refractivity contribution in [2.45, 2.75) is 18.9 Å². The van der Waals surface area contributed by atoms with Gasteiger partial charge in [-0.1, -0.05) is 12.6 Å². The molecule has 4 heteroatoms. The number of nitrogens with zero attached hydrogens (tertiary/aromatic N) is 1. The first-order valence-corrected chi connectivity index (χ1v) is 5.94. The highest BCUT2D eigenvalue weighted by Crippen LogP contribution is 2.33. The van der Waals surface area contributed by atoms with Gasteiger partial charge in [0.15, 0.2) is 11.6 Å². The van der Waals surface area contributed by atoms with Crippen molar-refractivity contribution in [3.63, 3.8) is 0 Å². The number of carbonyl (C=O) groups is 1. The molecule has 3 nitrogen and oxygen atoms in total. The van der Waals surface area contributed by atoms with Crippen LogP contribution in [0.25, 0.3) is 0 Å².